The second-order valence-electron chi connectivity index (χ2n) is 3.89. The summed E-state index contributed by atoms with van der Waals surface area (Å²) in [6.07, 6.45) is 7.01. The summed E-state index contributed by atoms with van der Waals surface area (Å²) in [4.78, 5) is 8.55. The molecule has 0 bridgehead atoms. The molecule has 3 heteroatoms. The highest BCUT2D eigenvalue weighted by Crippen LogP contribution is 2.28. The van der Waals surface area contributed by atoms with Gasteiger partial charge in [0, 0.05) is 23.5 Å². The van der Waals surface area contributed by atoms with E-state index in [0.717, 1.165) is 22.4 Å². The summed E-state index contributed by atoms with van der Waals surface area (Å²) < 4.78 is 5.59. The first-order valence-corrected chi connectivity index (χ1v) is 6.13. The maximum Gasteiger partial charge on any atom is 0.221 e. The van der Waals surface area contributed by atoms with Gasteiger partial charge in [-0.15, -0.1) is 0 Å². The topological polar surface area (TPSA) is 35.0 Å². The normalized spacial score (nSPS) is 9.95. The first-order chi connectivity index (χ1) is 9.30. The van der Waals surface area contributed by atoms with Crippen LogP contribution in [0.2, 0.25) is 0 Å². The Hall–Kier alpha value is -2.42. The van der Waals surface area contributed by atoms with Crippen molar-refractivity contribution in [2.45, 2.75) is 6.92 Å². The van der Waals surface area contributed by atoms with Crippen LogP contribution in [0.3, 0.4) is 0 Å². The van der Waals surface area contributed by atoms with Crippen LogP contribution in [0.25, 0.3) is 23.4 Å². The van der Waals surface area contributed by atoms with E-state index in [0.29, 0.717) is 12.5 Å². The smallest absolute Gasteiger partial charge is 0.221 e. The highest BCUT2D eigenvalue weighted by Gasteiger charge is 2.10. The van der Waals surface area contributed by atoms with E-state index in [1.54, 1.807) is 24.5 Å². The van der Waals surface area contributed by atoms with Crippen molar-refractivity contribution >= 4 is 12.2 Å². The van der Waals surface area contributed by atoms with Crippen LogP contribution in [0.15, 0.2) is 43.8 Å². The van der Waals surface area contributed by atoms with Crippen molar-refractivity contribution in [1.82, 2.24) is 9.97 Å². The maximum absolute atomic E-state index is 5.59. The van der Waals surface area contributed by atoms with Crippen molar-refractivity contribution in [2.75, 3.05) is 6.61 Å². The molecule has 0 aliphatic heterocycles. The Labute approximate surface area is 113 Å². The molecule has 0 saturated heterocycles. The predicted octanol–water partition coefficient (Wildman–Crippen LogP) is 3.83. The maximum atomic E-state index is 5.59. The molecule has 0 saturated carbocycles. The average Bonchev–Trinajstić information content (AvgIpc) is 2.47. The zero-order chi connectivity index (χ0) is 13.7. The molecular formula is C16H16N2O. The van der Waals surface area contributed by atoms with Gasteiger partial charge in [0.25, 0.3) is 0 Å². The van der Waals surface area contributed by atoms with E-state index in [2.05, 4.69) is 23.1 Å². The molecule has 19 heavy (non-hydrogen) atoms. The molecule has 0 aliphatic carbocycles. The SMILES string of the molecule is C=Cc1cc(-c2ccncc2)nc(OCC)c1C=C. The second-order valence-corrected chi connectivity index (χ2v) is 3.89. The van der Waals surface area contributed by atoms with Gasteiger partial charge in [0.2, 0.25) is 5.88 Å². The van der Waals surface area contributed by atoms with Crippen LogP contribution < -0.4 is 4.74 Å². The average molecular weight is 252 g/mol. The number of hydrogen-bond donors (Lipinski definition) is 0. The highest BCUT2D eigenvalue weighted by molar-refractivity contribution is 5.72. The number of nitrogens with zero attached hydrogens (tertiary/aromatic N) is 2. The van der Waals surface area contributed by atoms with Crippen molar-refractivity contribution < 1.29 is 4.74 Å². The van der Waals surface area contributed by atoms with E-state index >= 15 is 0 Å². The first kappa shape index (κ1) is 13.0. The van der Waals surface area contributed by atoms with Crippen LogP contribution in [0.5, 0.6) is 5.88 Å². The molecule has 0 N–H and O–H groups in total. The summed E-state index contributed by atoms with van der Waals surface area (Å²) in [7, 11) is 0. The Morgan fingerprint density at radius 1 is 1.21 bits per heavy atom. The fourth-order valence-electron chi connectivity index (χ4n) is 1.84. The van der Waals surface area contributed by atoms with Crippen molar-refractivity contribution in [3.8, 4) is 17.1 Å². The third-order valence-electron chi connectivity index (χ3n) is 2.74. The standard InChI is InChI=1S/C16H16N2O/c1-4-12-11-15(13-7-9-17-10-8-13)18-16(19-6-3)14(12)5-2/h4-5,7-11H,1-2,6H2,3H3. The van der Waals surface area contributed by atoms with Crippen molar-refractivity contribution in [2.24, 2.45) is 0 Å². The summed E-state index contributed by atoms with van der Waals surface area (Å²) in [5.74, 6) is 0.585. The van der Waals surface area contributed by atoms with Crippen LogP contribution in [-0.2, 0) is 0 Å². The molecule has 0 aromatic carbocycles. The fourth-order valence-corrected chi connectivity index (χ4v) is 1.84. The predicted molar refractivity (Wildman–Crippen MR) is 78.8 cm³/mol. The van der Waals surface area contributed by atoms with E-state index in [-0.39, 0.29) is 0 Å². The molecule has 0 fully saturated rings. The van der Waals surface area contributed by atoms with E-state index in [1.807, 2.05) is 25.1 Å². The lowest BCUT2D eigenvalue weighted by molar-refractivity contribution is 0.326. The van der Waals surface area contributed by atoms with E-state index < -0.39 is 0 Å². The van der Waals surface area contributed by atoms with Crippen molar-refractivity contribution in [1.29, 1.82) is 0 Å². The van der Waals surface area contributed by atoms with Gasteiger partial charge in [-0.25, -0.2) is 4.98 Å². The van der Waals surface area contributed by atoms with Gasteiger partial charge in [-0.2, -0.15) is 0 Å². The van der Waals surface area contributed by atoms with Crippen LogP contribution >= 0.6 is 0 Å². The van der Waals surface area contributed by atoms with Crippen LogP contribution in [0, 0.1) is 0 Å². The number of aromatic nitrogens is 2. The van der Waals surface area contributed by atoms with Crippen molar-refractivity contribution in [3.05, 3.63) is 54.9 Å². The second kappa shape index (κ2) is 5.96. The largest absolute Gasteiger partial charge is 0.478 e. The molecule has 0 aliphatic rings. The lowest BCUT2D eigenvalue weighted by Gasteiger charge is -2.12. The Morgan fingerprint density at radius 3 is 2.53 bits per heavy atom. The van der Waals surface area contributed by atoms with Crippen LogP contribution in [0.1, 0.15) is 18.1 Å². The number of pyridine rings is 2. The zero-order valence-electron chi connectivity index (χ0n) is 11.0. The molecule has 3 nitrogen and oxygen atoms in total. The van der Waals surface area contributed by atoms with Gasteiger partial charge < -0.3 is 4.74 Å². The van der Waals surface area contributed by atoms with Gasteiger partial charge in [-0.1, -0.05) is 25.3 Å². The lowest BCUT2D eigenvalue weighted by Crippen LogP contribution is -2.00. The van der Waals surface area contributed by atoms with E-state index in [9.17, 15) is 0 Å². The quantitative estimate of drug-likeness (QED) is 0.811. The molecule has 2 heterocycles. The number of hydrogen-bond acceptors (Lipinski definition) is 3. The molecule has 0 unspecified atom stereocenters. The minimum absolute atomic E-state index is 0.560. The van der Waals surface area contributed by atoms with Gasteiger partial charge in [0.1, 0.15) is 0 Å². The van der Waals surface area contributed by atoms with E-state index in [4.69, 9.17) is 4.74 Å². The summed E-state index contributed by atoms with van der Waals surface area (Å²) in [5, 5.41) is 0. The molecule has 0 amide bonds. The molecule has 2 rings (SSSR count). The third kappa shape index (κ3) is 2.71. The third-order valence-corrected chi connectivity index (χ3v) is 2.74. The molecular weight excluding hydrogens is 236 g/mol. The van der Waals surface area contributed by atoms with Gasteiger partial charge in [0.15, 0.2) is 0 Å². The highest BCUT2D eigenvalue weighted by atomic mass is 16.5. The molecule has 0 spiro atoms. The van der Waals surface area contributed by atoms with Crippen LogP contribution in [0.4, 0.5) is 0 Å². The molecule has 96 valence electrons. The first-order valence-electron chi connectivity index (χ1n) is 6.13. The Bertz CT molecular complexity index is 591. The van der Waals surface area contributed by atoms with Gasteiger partial charge in [-0.05, 0) is 30.7 Å². The zero-order valence-corrected chi connectivity index (χ0v) is 11.0. The monoisotopic (exact) mass is 252 g/mol. The summed E-state index contributed by atoms with van der Waals surface area (Å²) >= 11 is 0. The molecule has 2 aromatic rings. The minimum Gasteiger partial charge on any atom is -0.478 e. The van der Waals surface area contributed by atoms with Gasteiger partial charge >= 0.3 is 0 Å². The molecule has 0 atom stereocenters. The Balaban J connectivity index is 2.61. The van der Waals surface area contributed by atoms with Gasteiger partial charge in [0.05, 0.1) is 12.3 Å². The fraction of sp³-hybridized carbons (Fsp3) is 0.125. The van der Waals surface area contributed by atoms with Crippen LogP contribution in [-0.4, -0.2) is 16.6 Å². The summed E-state index contributed by atoms with van der Waals surface area (Å²) in [5.41, 5.74) is 3.66. The Kier molecular flexibility index (Phi) is 4.08. The summed E-state index contributed by atoms with van der Waals surface area (Å²) in [6.45, 7) is 10.1. The Morgan fingerprint density at radius 2 is 1.95 bits per heavy atom. The summed E-state index contributed by atoms with van der Waals surface area (Å²) in [6, 6.07) is 5.80. The number of ether oxygens (including phenoxy) is 1. The van der Waals surface area contributed by atoms with Crippen molar-refractivity contribution in [3.63, 3.8) is 0 Å². The molecule has 0 radical (unpaired) electrons. The molecule has 2 aromatic heterocycles. The minimum atomic E-state index is 0.560. The number of rotatable bonds is 5. The lowest BCUT2D eigenvalue weighted by atomic mass is 10.1. The van der Waals surface area contributed by atoms with E-state index in [1.165, 1.54) is 0 Å². The van der Waals surface area contributed by atoms with Gasteiger partial charge in [-0.3, -0.25) is 4.98 Å².